The quantitative estimate of drug-likeness (QED) is 0.442. The van der Waals surface area contributed by atoms with Crippen LogP contribution in [0.3, 0.4) is 0 Å². The molecule has 1 saturated heterocycles. The van der Waals surface area contributed by atoms with Crippen LogP contribution in [0.5, 0.6) is 17.2 Å². The van der Waals surface area contributed by atoms with Crippen molar-refractivity contribution in [3.63, 3.8) is 0 Å². The second-order valence-electron chi connectivity index (χ2n) is 10.1. The van der Waals surface area contributed by atoms with Crippen molar-refractivity contribution in [1.82, 2.24) is 10.2 Å². The molecule has 6 nitrogen and oxygen atoms in total. The Morgan fingerprint density at radius 3 is 2.44 bits per heavy atom. The largest absolute Gasteiger partial charge is 0.508 e. The van der Waals surface area contributed by atoms with Gasteiger partial charge in [-0.3, -0.25) is 9.69 Å². The summed E-state index contributed by atoms with van der Waals surface area (Å²) in [6, 6.07) is 23.0. The van der Waals surface area contributed by atoms with Gasteiger partial charge in [0.05, 0.1) is 0 Å². The van der Waals surface area contributed by atoms with E-state index in [1.165, 1.54) is 0 Å². The highest BCUT2D eigenvalue weighted by Gasteiger charge is 2.27. The van der Waals surface area contributed by atoms with Crippen LogP contribution in [0.1, 0.15) is 36.7 Å². The van der Waals surface area contributed by atoms with Crippen molar-refractivity contribution < 1.29 is 14.6 Å². The summed E-state index contributed by atoms with van der Waals surface area (Å²) in [5.74, 6) is 2.01. The first-order chi connectivity index (χ1) is 17.3. The molecule has 6 heteroatoms. The van der Waals surface area contributed by atoms with Gasteiger partial charge in [0, 0.05) is 55.6 Å². The van der Waals surface area contributed by atoms with Crippen molar-refractivity contribution in [2.24, 2.45) is 5.92 Å². The van der Waals surface area contributed by atoms with Crippen LogP contribution in [0, 0.1) is 12.8 Å². The molecule has 3 aromatic rings. The molecule has 0 saturated carbocycles. The maximum Gasteiger partial charge on any atom is 0.251 e. The lowest BCUT2D eigenvalue weighted by Crippen LogP contribution is -2.56. The van der Waals surface area contributed by atoms with Crippen LogP contribution in [-0.4, -0.2) is 54.2 Å². The Morgan fingerprint density at radius 1 is 1.03 bits per heavy atom. The lowest BCUT2D eigenvalue weighted by atomic mass is 10.0. The van der Waals surface area contributed by atoms with Crippen LogP contribution in [-0.2, 0) is 0 Å². The molecule has 1 heterocycles. The standard InChI is InChI=1S/C30H37N3O3/c1-21(2)29(20-32-15-16-33(23(4)19-32)25-8-6-9-26(34)18-25)31-30(35)24-11-13-27(14-12-24)36-28-10-5-7-22(3)17-28/h5-14,17-18,21,23,29,34H,15-16,19-20H2,1-4H3,(H,31,35)/t23-,29+/m0/s1. The van der Waals surface area contributed by atoms with Gasteiger partial charge >= 0.3 is 0 Å². The third-order valence-corrected chi connectivity index (χ3v) is 6.79. The fraction of sp³-hybridized carbons (Fsp3) is 0.367. The number of nitrogens with zero attached hydrogens (tertiary/aromatic N) is 2. The molecule has 4 rings (SSSR count). The van der Waals surface area contributed by atoms with E-state index < -0.39 is 0 Å². The van der Waals surface area contributed by atoms with Crippen molar-refractivity contribution in [2.75, 3.05) is 31.1 Å². The number of piperazine rings is 1. The molecule has 1 aliphatic heterocycles. The zero-order chi connectivity index (χ0) is 25.7. The van der Waals surface area contributed by atoms with E-state index in [-0.39, 0.29) is 11.9 Å². The number of phenols is 1. The fourth-order valence-electron chi connectivity index (χ4n) is 4.70. The molecular weight excluding hydrogens is 450 g/mol. The first-order valence-electron chi connectivity index (χ1n) is 12.7. The summed E-state index contributed by atoms with van der Waals surface area (Å²) in [5.41, 5.74) is 2.81. The highest BCUT2D eigenvalue weighted by Crippen LogP contribution is 2.25. The molecule has 2 N–H and O–H groups in total. The van der Waals surface area contributed by atoms with E-state index >= 15 is 0 Å². The van der Waals surface area contributed by atoms with E-state index in [0.29, 0.717) is 29.0 Å². The van der Waals surface area contributed by atoms with Crippen molar-refractivity contribution in [2.45, 2.75) is 39.8 Å². The minimum atomic E-state index is -0.0674. The second-order valence-corrected chi connectivity index (χ2v) is 10.1. The highest BCUT2D eigenvalue weighted by molar-refractivity contribution is 5.94. The van der Waals surface area contributed by atoms with Gasteiger partial charge in [-0.05, 0) is 73.9 Å². The minimum Gasteiger partial charge on any atom is -0.508 e. The molecule has 0 bridgehead atoms. The summed E-state index contributed by atoms with van der Waals surface area (Å²) in [5, 5.41) is 13.1. The van der Waals surface area contributed by atoms with E-state index in [0.717, 1.165) is 43.2 Å². The summed E-state index contributed by atoms with van der Waals surface area (Å²) < 4.78 is 5.91. The van der Waals surface area contributed by atoms with Crippen LogP contribution in [0.25, 0.3) is 0 Å². The first kappa shape index (κ1) is 25.6. The number of ether oxygens (including phenoxy) is 1. The minimum absolute atomic E-state index is 0.0419. The van der Waals surface area contributed by atoms with Crippen molar-refractivity contribution in [3.8, 4) is 17.2 Å². The third kappa shape index (κ3) is 6.58. The Hall–Kier alpha value is -3.51. The van der Waals surface area contributed by atoms with Gasteiger partial charge in [-0.15, -0.1) is 0 Å². The predicted molar refractivity (Wildman–Crippen MR) is 145 cm³/mol. The van der Waals surface area contributed by atoms with E-state index in [2.05, 4.69) is 35.9 Å². The highest BCUT2D eigenvalue weighted by atomic mass is 16.5. The molecule has 0 radical (unpaired) electrons. The Morgan fingerprint density at radius 2 is 1.78 bits per heavy atom. The average Bonchev–Trinajstić information content (AvgIpc) is 2.84. The van der Waals surface area contributed by atoms with Crippen molar-refractivity contribution in [3.05, 3.63) is 83.9 Å². The molecule has 1 aliphatic rings. The number of carbonyl (C=O) groups excluding carboxylic acids is 1. The Balaban J connectivity index is 1.33. The molecule has 0 aliphatic carbocycles. The molecule has 3 aromatic carbocycles. The molecule has 0 unspecified atom stereocenters. The summed E-state index contributed by atoms with van der Waals surface area (Å²) in [6.07, 6.45) is 0. The number of anilines is 1. The van der Waals surface area contributed by atoms with Crippen LogP contribution in [0.2, 0.25) is 0 Å². The van der Waals surface area contributed by atoms with Crippen LogP contribution in [0.4, 0.5) is 5.69 Å². The van der Waals surface area contributed by atoms with Gasteiger partial charge in [-0.25, -0.2) is 0 Å². The summed E-state index contributed by atoms with van der Waals surface area (Å²) in [6.45, 7) is 12.0. The average molecular weight is 488 g/mol. The monoisotopic (exact) mass is 487 g/mol. The van der Waals surface area contributed by atoms with Gasteiger partial charge in [-0.1, -0.05) is 32.0 Å². The van der Waals surface area contributed by atoms with Crippen molar-refractivity contribution in [1.29, 1.82) is 0 Å². The zero-order valence-electron chi connectivity index (χ0n) is 21.6. The maximum absolute atomic E-state index is 13.0. The number of carbonyl (C=O) groups is 1. The number of benzene rings is 3. The number of phenolic OH excluding ortho intramolecular Hbond substituents is 1. The molecule has 2 atom stereocenters. The molecular formula is C30H37N3O3. The van der Waals surface area contributed by atoms with Gasteiger partial charge < -0.3 is 20.1 Å². The fourth-order valence-corrected chi connectivity index (χ4v) is 4.70. The van der Waals surface area contributed by atoms with Crippen LogP contribution < -0.4 is 15.0 Å². The second kappa shape index (κ2) is 11.5. The summed E-state index contributed by atoms with van der Waals surface area (Å²) in [7, 11) is 0. The molecule has 36 heavy (non-hydrogen) atoms. The number of hydrogen-bond donors (Lipinski definition) is 2. The number of nitrogens with one attached hydrogen (secondary N) is 1. The van der Waals surface area contributed by atoms with E-state index in [1.807, 2.05) is 73.7 Å². The Bertz CT molecular complexity index is 1160. The van der Waals surface area contributed by atoms with Gasteiger partial charge in [0.1, 0.15) is 17.2 Å². The number of rotatable bonds is 8. The van der Waals surface area contributed by atoms with Crippen molar-refractivity contribution >= 4 is 11.6 Å². The number of aromatic hydroxyl groups is 1. The van der Waals surface area contributed by atoms with Crippen LogP contribution >= 0.6 is 0 Å². The molecule has 0 aromatic heterocycles. The number of aryl methyl sites for hydroxylation is 1. The normalized spacial score (nSPS) is 17.1. The number of amides is 1. The van der Waals surface area contributed by atoms with Gasteiger partial charge in [0.15, 0.2) is 0 Å². The SMILES string of the molecule is Cc1cccc(Oc2ccc(C(=O)N[C@H](CN3CCN(c4cccc(O)c4)[C@@H](C)C3)C(C)C)cc2)c1. The zero-order valence-corrected chi connectivity index (χ0v) is 21.6. The lowest BCUT2D eigenvalue weighted by molar-refractivity contribution is 0.0903. The van der Waals surface area contributed by atoms with E-state index in [9.17, 15) is 9.90 Å². The van der Waals surface area contributed by atoms with E-state index in [1.54, 1.807) is 6.07 Å². The maximum atomic E-state index is 13.0. The third-order valence-electron chi connectivity index (χ3n) is 6.79. The molecule has 1 amide bonds. The first-order valence-corrected chi connectivity index (χ1v) is 12.7. The topological polar surface area (TPSA) is 65.0 Å². The molecule has 190 valence electrons. The van der Waals surface area contributed by atoms with Gasteiger partial charge in [-0.2, -0.15) is 0 Å². The van der Waals surface area contributed by atoms with Gasteiger partial charge in [0.25, 0.3) is 5.91 Å². The van der Waals surface area contributed by atoms with Gasteiger partial charge in [0.2, 0.25) is 0 Å². The summed E-state index contributed by atoms with van der Waals surface area (Å²) in [4.78, 5) is 17.8. The number of hydrogen-bond acceptors (Lipinski definition) is 5. The Labute approximate surface area is 214 Å². The molecule has 0 spiro atoms. The van der Waals surface area contributed by atoms with E-state index in [4.69, 9.17) is 4.74 Å². The Kier molecular flexibility index (Phi) is 8.16. The lowest BCUT2D eigenvalue weighted by Gasteiger charge is -2.42. The smallest absolute Gasteiger partial charge is 0.251 e. The predicted octanol–water partition coefficient (Wildman–Crippen LogP) is 5.46. The summed E-state index contributed by atoms with van der Waals surface area (Å²) >= 11 is 0. The van der Waals surface area contributed by atoms with Crippen LogP contribution in [0.15, 0.2) is 72.8 Å². The molecule has 1 fully saturated rings.